The third-order valence-corrected chi connectivity index (χ3v) is 4.27. The van der Waals surface area contributed by atoms with Crippen molar-refractivity contribution in [1.29, 1.82) is 0 Å². The fraction of sp³-hybridized carbons (Fsp3) is 1.00. The second-order valence-electron chi connectivity index (χ2n) is 3.72. The molecule has 2 fully saturated rings. The van der Waals surface area contributed by atoms with Crippen LogP contribution in [0.4, 0.5) is 0 Å². The van der Waals surface area contributed by atoms with Crippen molar-refractivity contribution < 1.29 is 20.4 Å². The first-order chi connectivity index (χ1) is 6.66. The van der Waals surface area contributed by atoms with Crippen LogP contribution in [-0.4, -0.2) is 74.0 Å². The quantitative estimate of drug-likeness (QED) is 0.403. The van der Waals surface area contributed by atoms with Crippen molar-refractivity contribution >= 4 is 11.8 Å². The summed E-state index contributed by atoms with van der Waals surface area (Å²) in [5.41, 5.74) is 0. The Kier molecular flexibility index (Phi) is 3.01. The minimum absolute atomic E-state index is 0.189. The Hall–Kier alpha value is 0.150. The highest BCUT2D eigenvalue weighted by atomic mass is 32.2. The fourth-order valence-electron chi connectivity index (χ4n) is 2.16. The van der Waals surface area contributed by atoms with Gasteiger partial charge in [0.05, 0.1) is 18.0 Å². The highest BCUT2D eigenvalue weighted by Crippen LogP contribution is 2.35. The molecule has 2 aliphatic rings. The van der Waals surface area contributed by atoms with Crippen LogP contribution >= 0.6 is 11.8 Å². The van der Waals surface area contributed by atoms with E-state index in [4.69, 9.17) is 5.11 Å². The lowest BCUT2D eigenvalue weighted by Gasteiger charge is -2.44. The second kappa shape index (κ2) is 3.96. The highest BCUT2D eigenvalue weighted by molar-refractivity contribution is 8.00. The van der Waals surface area contributed by atoms with Crippen molar-refractivity contribution in [3.05, 3.63) is 0 Å². The average Bonchev–Trinajstić information content (AvgIpc) is 2.64. The lowest BCUT2D eigenvalue weighted by Crippen LogP contribution is -2.64. The predicted molar refractivity (Wildman–Crippen MR) is 51.8 cm³/mol. The van der Waals surface area contributed by atoms with Crippen LogP contribution in [0, 0.1) is 0 Å². The topological polar surface area (TPSA) is 84.2 Å². The van der Waals surface area contributed by atoms with Crippen LogP contribution in [0.5, 0.6) is 0 Å². The Morgan fingerprint density at radius 2 is 1.86 bits per heavy atom. The summed E-state index contributed by atoms with van der Waals surface area (Å²) in [5, 5.41) is 37.8. The zero-order valence-electron chi connectivity index (χ0n) is 7.65. The molecule has 5 atom stereocenters. The Morgan fingerprint density at radius 3 is 2.50 bits per heavy atom. The van der Waals surface area contributed by atoms with E-state index in [-0.39, 0.29) is 12.0 Å². The van der Waals surface area contributed by atoms with Crippen molar-refractivity contribution in [3.8, 4) is 0 Å². The smallest absolute Gasteiger partial charge is 0.110 e. The van der Waals surface area contributed by atoms with E-state index in [0.29, 0.717) is 0 Å². The molecule has 0 aliphatic carbocycles. The molecule has 2 heterocycles. The third-order valence-electron chi connectivity index (χ3n) is 2.96. The lowest BCUT2D eigenvalue weighted by molar-refractivity contribution is -0.148. The first kappa shape index (κ1) is 10.7. The molecule has 0 aromatic heterocycles. The molecule has 82 valence electrons. The van der Waals surface area contributed by atoms with Crippen molar-refractivity contribution in [2.75, 3.05) is 18.9 Å². The third kappa shape index (κ3) is 1.46. The van der Waals surface area contributed by atoms with Gasteiger partial charge in [-0.25, -0.2) is 0 Å². The van der Waals surface area contributed by atoms with Gasteiger partial charge in [0.25, 0.3) is 0 Å². The molecule has 0 bridgehead atoms. The maximum absolute atomic E-state index is 9.68. The van der Waals surface area contributed by atoms with E-state index in [1.165, 1.54) is 0 Å². The number of hydrogen-bond donors (Lipinski definition) is 4. The normalized spacial score (nSPS) is 49.3. The maximum Gasteiger partial charge on any atom is 0.110 e. The summed E-state index contributed by atoms with van der Waals surface area (Å²) in [5.74, 6) is 0.859. The number of nitrogens with zero attached hydrogens (tertiary/aromatic N) is 1. The number of aliphatic hydroxyl groups is 4. The second-order valence-corrected chi connectivity index (χ2v) is 4.95. The predicted octanol–water partition coefficient (Wildman–Crippen LogP) is -2.18. The Bertz CT molecular complexity index is 218. The summed E-state index contributed by atoms with van der Waals surface area (Å²) >= 11 is 1.55. The van der Waals surface area contributed by atoms with Crippen LogP contribution in [0.15, 0.2) is 0 Å². The largest absolute Gasteiger partial charge is 0.395 e. The molecule has 0 amide bonds. The van der Waals surface area contributed by atoms with Crippen molar-refractivity contribution in [1.82, 2.24) is 4.90 Å². The summed E-state index contributed by atoms with van der Waals surface area (Å²) in [6.45, 7) is 0.545. The minimum Gasteiger partial charge on any atom is -0.395 e. The zero-order chi connectivity index (χ0) is 10.3. The number of rotatable bonds is 1. The Labute approximate surface area is 86.3 Å². The molecule has 0 aromatic rings. The van der Waals surface area contributed by atoms with Crippen LogP contribution in [0.2, 0.25) is 0 Å². The molecule has 0 saturated carbocycles. The molecule has 4 N–H and O–H groups in total. The SMILES string of the molecule is OC[C@H]1[C@@H](O)[C@H](O)[C@H](O)[C@@H]2SCCN12. The van der Waals surface area contributed by atoms with E-state index in [1.807, 2.05) is 4.90 Å². The summed E-state index contributed by atoms with van der Waals surface area (Å²) in [4.78, 5) is 1.87. The van der Waals surface area contributed by atoms with E-state index in [1.54, 1.807) is 11.8 Å². The van der Waals surface area contributed by atoms with Crippen LogP contribution in [0.1, 0.15) is 0 Å². The summed E-state index contributed by atoms with van der Waals surface area (Å²) in [7, 11) is 0. The van der Waals surface area contributed by atoms with Gasteiger partial charge in [0.1, 0.15) is 18.3 Å². The first-order valence-electron chi connectivity index (χ1n) is 4.69. The minimum atomic E-state index is -1.15. The van der Waals surface area contributed by atoms with Gasteiger partial charge < -0.3 is 20.4 Å². The van der Waals surface area contributed by atoms with Crippen LogP contribution in [-0.2, 0) is 0 Å². The summed E-state index contributed by atoms with van der Waals surface area (Å²) in [6.07, 6.45) is -3.15. The van der Waals surface area contributed by atoms with Gasteiger partial charge >= 0.3 is 0 Å². The van der Waals surface area contributed by atoms with E-state index < -0.39 is 24.4 Å². The van der Waals surface area contributed by atoms with E-state index in [2.05, 4.69) is 0 Å². The van der Waals surface area contributed by atoms with E-state index in [9.17, 15) is 15.3 Å². The molecule has 2 rings (SSSR count). The van der Waals surface area contributed by atoms with Gasteiger partial charge in [0.15, 0.2) is 0 Å². The molecule has 2 aliphatic heterocycles. The van der Waals surface area contributed by atoms with Gasteiger partial charge in [-0.2, -0.15) is 0 Å². The van der Waals surface area contributed by atoms with Gasteiger partial charge in [-0.1, -0.05) is 0 Å². The monoisotopic (exact) mass is 221 g/mol. The molecule has 0 radical (unpaired) electrons. The molecule has 0 aromatic carbocycles. The molecule has 2 saturated heterocycles. The van der Waals surface area contributed by atoms with Crippen LogP contribution in [0.25, 0.3) is 0 Å². The number of thioether (sulfide) groups is 1. The first-order valence-corrected chi connectivity index (χ1v) is 5.74. The van der Waals surface area contributed by atoms with Gasteiger partial charge in [-0.15, -0.1) is 11.8 Å². The van der Waals surface area contributed by atoms with Gasteiger partial charge in [-0.05, 0) is 0 Å². The number of hydrogen-bond acceptors (Lipinski definition) is 6. The molecule has 14 heavy (non-hydrogen) atoms. The Balaban J connectivity index is 2.19. The van der Waals surface area contributed by atoms with E-state index in [0.717, 1.165) is 12.3 Å². The van der Waals surface area contributed by atoms with Gasteiger partial charge in [-0.3, -0.25) is 4.90 Å². The fourth-order valence-corrected chi connectivity index (χ4v) is 3.53. The summed E-state index contributed by atoms with van der Waals surface area (Å²) in [6, 6.07) is -0.451. The van der Waals surface area contributed by atoms with E-state index >= 15 is 0 Å². The number of aliphatic hydroxyl groups excluding tert-OH is 4. The lowest BCUT2D eigenvalue weighted by atomic mass is 9.94. The van der Waals surface area contributed by atoms with Crippen molar-refractivity contribution in [3.63, 3.8) is 0 Å². The van der Waals surface area contributed by atoms with Crippen molar-refractivity contribution in [2.24, 2.45) is 0 Å². The molecular formula is C8H15NO4S. The van der Waals surface area contributed by atoms with Gasteiger partial charge in [0.2, 0.25) is 0 Å². The maximum atomic E-state index is 9.68. The van der Waals surface area contributed by atoms with Crippen LogP contribution < -0.4 is 0 Å². The molecule has 0 unspecified atom stereocenters. The standard InChI is InChI=1S/C8H15NO4S/c10-3-4-5(11)6(12)7(13)8-9(4)1-2-14-8/h4-8,10-13H,1-3H2/t4-,5+,6-,7-,8-/m0/s1. The molecular weight excluding hydrogens is 206 g/mol. The zero-order valence-corrected chi connectivity index (χ0v) is 8.47. The molecule has 5 nitrogen and oxygen atoms in total. The molecule has 6 heteroatoms. The average molecular weight is 221 g/mol. The van der Waals surface area contributed by atoms with Gasteiger partial charge in [0, 0.05) is 12.3 Å². The van der Waals surface area contributed by atoms with Crippen molar-refractivity contribution in [2.45, 2.75) is 29.7 Å². The number of fused-ring (bicyclic) bond motifs is 1. The number of piperidine rings is 1. The summed E-state index contributed by atoms with van der Waals surface area (Å²) < 4.78 is 0. The Morgan fingerprint density at radius 1 is 1.14 bits per heavy atom. The highest BCUT2D eigenvalue weighted by Gasteiger charge is 2.49. The molecule has 0 spiro atoms. The van der Waals surface area contributed by atoms with Crippen LogP contribution in [0.3, 0.4) is 0 Å².